The highest BCUT2D eigenvalue weighted by atomic mass is 35.5. The Morgan fingerprint density at radius 1 is 0.786 bits per heavy atom. The van der Waals surface area contributed by atoms with Gasteiger partial charge in [0.15, 0.2) is 0 Å². The number of hydrogen-bond donors (Lipinski definition) is 1. The summed E-state index contributed by atoms with van der Waals surface area (Å²) < 4.78 is 34.9. The molecule has 0 atom stereocenters. The Morgan fingerprint density at radius 2 is 1.29 bits per heavy atom. The SMILES string of the molecule is O=S(=O)(/N=C(/O/C(=N/O)c1ccccc1)c1ccccc1)c1ccc(Cl)cc1. The first-order chi connectivity index (χ1) is 13.5. The summed E-state index contributed by atoms with van der Waals surface area (Å²) in [4.78, 5) is -0.0453. The van der Waals surface area contributed by atoms with Gasteiger partial charge < -0.3 is 9.94 Å². The fourth-order valence-corrected chi connectivity index (χ4v) is 3.36. The molecule has 0 spiro atoms. The van der Waals surface area contributed by atoms with Crippen LogP contribution in [0.4, 0.5) is 0 Å². The van der Waals surface area contributed by atoms with Gasteiger partial charge in [0, 0.05) is 16.1 Å². The fraction of sp³-hybridized carbons (Fsp3) is 0. The van der Waals surface area contributed by atoms with Crippen LogP contribution in [0.1, 0.15) is 11.1 Å². The maximum atomic E-state index is 12.7. The number of oxime groups is 1. The van der Waals surface area contributed by atoms with Gasteiger partial charge in [-0.3, -0.25) is 0 Å². The number of sulfonamides is 1. The van der Waals surface area contributed by atoms with E-state index in [4.69, 9.17) is 16.3 Å². The molecule has 0 unspecified atom stereocenters. The lowest BCUT2D eigenvalue weighted by Gasteiger charge is -2.10. The molecule has 3 rings (SSSR count). The quantitative estimate of drug-likeness (QED) is 0.298. The van der Waals surface area contributed by atoms with Gasteiger partial charge in [-0.15, -0.1) is 4.40 Å². The van der Waals surface area contributed by atoms with Gasteiger partial charge in [0.1, 0.15) is 0 Å². The molecule has 0 radical (unpaired) electrons. The average molecular weight is 415 g/mol. The second-order valence-corrected chi connectivity index (χ2v) is 7.61. The summed E-state index contributed by atoms with van der Waals surface area (Å²) in [5, 5.41) is 12.9. The van der Waals surface area contributed by atoms with Crippen molar-refractivity contribution in [3.63, 3.8) is 0 Å². The molecule has 28 heavy (non-hydrogen) atoms. The van der Waals surface area contributed by atoms with Gasteiger partial charge in [0.2, 0.25) is 5.90 Å². The van der Waals surface area contributed by atoms with Gasteiger partial charge in [-0.05, 0) is 53.7 Å². The van der Waals surface area contributed by atoms with Crippen LogP contribution >= 0.6 is 11.6 Å². The highest BCUT2D eigenvalue weighted by Crippen LogP contribution is 2.18. The van der Waals surface area contributed by atoms with Crippen molar-refractivity contribution in [2.45, 2.75) is 4.90 Å². The minimum absolute atomic E-state index is 0.0453. The molecule has 6 nitrogen and oxygen atoms in total. The Morgan fingerprint density at radius 3 is 1.79 bits per heavy atom. The van der Waals surface area contributed by atoms with Crippen LogP contribution in [0.2, 0.25) is 5.02 Å². The molecule has 0 saturated carbocycles. The van der Waals surface area contributed by atoms with E-state index in [0.717, 1.165) is 0 Å². The summed E-state index contributed by atoms with van der Waals surface area (Å²) in [6, 6.07) is 22.6. The van der Waals surface area contributed by atoms with Crippen molar-refractivity contribution < 1.29 is 18.4 Å². The average Bonchev–Trinajstić information content (AvgIpc) is 2.72. The number of rotatable bonds is 4. The zero-order valence-electron chi connectivity index (χ0n) is 14.4. The van der Waals surface area contributed by atoms with Crippen LogP contribution in [-0.2, 0) is 14.8 Å². The van der Waals surface area contributed by atoms with Crippen molar-refractivity contribution >= 4 is 33.4 Å². The van der Waals surface area contributed by atoms with Gasteiger partial charge in [0.05, 0.1) is 4.90 Å². The maximum Gasteiger partial charge on any atom is 0.285 e. The molecular weight excluding hydrogens is 400 g/mol. The number of nitrogens with zero attached hydrogens (tertiary/aromatic N) is 2. The Balaban J connectivity index is 2.05. The molecular formula is C20H15ClN2O4S. The third-order valence-corrected chi connectivity index (χ3v) is 5.17. The highest BCUT2D eigenvalue weighted by Gasteiger charge is 2.19. The molecule has 0 fully saturated rings. The summed E-state index contributed by atoms with van der Waals surface area (Å²) in [5.74, 6) is -0.415. The molecule has 0 heterocycles. The molecule has 142 valence electrons. The van der Waals surface area contributed by atoms with E-state index in [2.05, 4.69) is 9.55 Å². The first-order valence-corrected chi connectivity index (χ1v) is 9.93. The van der Waals surface area contributed by atoms with E-state index in [1.807, 2.05) is 0 Å². The summed E-state index contributed by atoms with van der Waals surface area (Å²) in [6.45, 7) is 0. The van der Waals surface area contributed by atoms with Crippen LogP contribution in [0.3, 0.4) is 0 Å². The van der Waals surface area contributed by atoms with Gasteiger partial charge in [-0.2, -0.15) is 8.42 Å². The number of halogens is 1. The predicted molar refractivity (Wildman–Crippen MR) is 107 cm³/mol. The lowest BCUT2D eigenvalue weighted by molar-refractivity contribution is 0.304. The monoisotopic (exact) mass is 414 g/mol. The van der Waals surface area contributed by atoms with E-state index in [-0.39, 0.29) is 16.7 Å². The Kier molecular flexibility index (Phi) is 6.08. The molecule has 3 aromatic carbocycles. The standard InChI is InChI=1S/C20H15ClN2O4S/c21-17-11-13-18(14-12-17)28(25,26)23-20(16-9-5-2-6-10-16)27-19(22-24)15-7-3-1-4-8-15/h1-14,24H/b22-19+,23-20+. The van der Waals surface area contributed by atoms with Crippen LogP contribution in [0.15, 0.2) is 99.4 Å². The number of ether oxygens (including phenoxy) is 1. The summed E-state index contributed by atoms with van der Waals surface area (Å²) in [5.41, 5.74) is 0.856. The third-order valence-electron chi connectivity index (χ3n) is 3.64. The zero-order chi connectivity index (χ0) is 20.0. The van der Waals surface area contributed by atoms with E-state index >= 15 is 0 Å². The summed E-state index contributed by atoms with van der Waals surface area (Å²) >= 11 is 5.82. The Labute approximate surface area is 167 Å². The van der Waals surface area contributed by atoms with E-state index in [1.54, 1.807) is 60.7 Å². The topological polar surface area (TPSA) is 88.3 Å². The molecule has 1 N–H and O–H groups in total. The molecule has 8 heteroatoms. The largest absolute Gasteiger partial charge is 0.416 e. The molecule has 0 aliphatic heterocycles. The second-order valence-electron chi connectivity index (χ2n) is 5.56. The first-order valence-electron chi connectivity index (χ1n) is 8.11. The molecule has 0 aromatic heterocycles. The minimum Gasteiger partial charge on any atom is -0.416 e. The Hall–Kier alpha value is -3.16. The fourth-order valence-electron chi connectivity index (χ4n) is 2.29. The van der Waals surface area contributed by atoms with Crippen molar-refractivity contribution in [3.8, 4) is 0 Å². The molecule has 0 aliphatic carbocycles. The van der Waals surface area contributed by atoms with Gasteiger partial charge >= 0.3 is 0 Å². The Bertz CT molecular complexity index is 1100. The van der Waals surface area contributed by atoms with E-state index in [1.165, 1.54) is 24.3 Å². The lowest BCUT2D eigenvalue weighted by atomic mass is 10.2. The van der Waals surface area contributed by atoms with Gasteiger partial charge in [-0.1, -0.05) is 48.0 Å². The van der Waals surface area contributed by atoms with Crippen LogP contribution in [0.25, 0.3) is 0 Å². The van der Waals surface area contributed by atoms with Crippen LogP contribution in [0, 0.1) is 0 Å². The van der Waals surface area contributed by atoms with Crippen LogP contribution in [-0.4, -0.2) is 25.4 Å². The maximum absolute atomic E-state index is 12.7. The van der Waals surface area contributed by atoms with E-state index < -0.39 is 10.0 Å². The minimum atomic E-state index is -4.09. The number of benzene rings is 3. The number of hydrogen-bond acceptors (Lipinski definition) is 5. The third kappa shape index (κ3) is 4.76. The predicted octanol–water partition coefficient (Wildman–Crippen LogP) is 4.33. The smallest absolute Gasteiger partial charge is 0.285 e. The molecule has 0 saturated heterocycles. The van der Waals surface area contributed by atoms with Gasteiger partial charge in [0.25, 0.3) is 15.9 Å². The van der Waals surface area contributed by atoms with E-state index in [9.17, 15) is 13.6 Å². The molecule has 0 aliphatic rings. The van der Waals surface area contributed by atoms with Crippen molar-refractivity contribution in [3.05, 3.63) is 101 Å². The van der Waals surface area contributed by atoms with E-state index in [0.29, 0.717) is 16.1 Å². The van der Waals surface area contributed by atoms with Crippen LogP contribution in [0.5, 0.6) is 0 Å². The second kappa shape index (κ2) is 8.69. The first kappa shape index (κ1) is 19.6. The summed E-state index contributed by atoms with van der Waals surface area (Å²) in [7, 11) is -4.09. The lowest BCUT2D eigenvalue weighted by Crippen LogP contribution is -2.17. The van der Waals surface area contributed by atoms with Crippen LogP contribution < -0.4 is 0 Å². The normalized spacial score (nSPS) is 12.6. The molecule has 3 aromatic rings. The molecule has 0 amide bonds. The van der Waals surface area contributed by atoms with Crippen molar-refractivity contribution in [2.75, 3.05) is 0 Å². The van der Waals surface area contributed by atoms with Gasteiger partial charge in [-0.25, -0.2) is 0 Å². The van der Waals surface area contributed by atoms with Crippen molar-refractivity contribution in [2.24, 2.45) is 9.55 Å². The zero-order valence-corrected chi connectivity index (χ0v) is 16.0. The molecule has 0 bridgehead atoms. The highest BCUT2D eigenvalue weighted by molar-refractivity contribution is 7.90. The van der Waals surface area contributed by atoms with Crippen molar-refractivity contribution in [1.82, 2.24) is 0 Å². The van der Waals surface area contributed by atoms with Crippen molar-refractivity contribution in [1.29, 1.82) is 0 Å². The summed E-state index contributed by atoms with van der Waals surface area (Å²) in [6.07, 6.45) is 0.